The molecule has 1 heterocycles. The van der Waals surface area contributed by atoms with Gasteiger partial charge in [0.05, 0.1) is 6.42 Å². The van der Waals surface area contributed by atoms with Gasteiger partial charge in [-0.1, -0.05) is 42.5 Å². The Kier molecular flexibility index (Phi) is 5.63. The number of piperazine rings is 1. The lowest BCUT2D eigenvalue weighted by molar-refractivity contribution is -0.136. The molecular formula is C20H22FN3O2. The van der Waals surface area contributed by atoms with Gasteiger partial charge in [0.1, 0.15) is 11.9 Å². The summed E-state index contributed by atoms with van der Waals surface area (Å²) >= 11 is 0. The molecule has 1 aliphatic rings. The Bertz CT molecular complexity index is 764. The molecule has 26 heavy (non-hydrogen) atoms. The van der Waals surface area contributed by atoms with E-state index in [2.05, 4.69) is 0 Å². The van der Waals surface area contributed by atoms with E-state index in [-0.39, 0.29) is 24.7 Å². The fourth-order valence-corrected chi connectivity index (χ4v) is 3.21. The van der Waals surface area contributed by atoms with Gasteiger partial charge in [-0.15, -0.1) is 0 Å². The van der Waals surface area contributed by atoms with Crippen LogP contribution in [0.15, 0.2) is 54.6 Å². The quantitative estimate of drug-likeness (QED) is 0.885. The Morgan fingerprint density at radius 2 is 1.69 bits per heavy atom. The fourth-order valence-electron chi connectivity index (χ4n) is 3.21. The first-order valence-corrected chi connectivity index (χ1v) is 8.62. The van der Waals surface area contributed by atoms with Crippen LogP contribution in [0.3, 0.4) is 0 Å². The van der Waals surface area contributed by atoms with Gasteiger partial charge in [-0.2, -0.15) is 0 Å². The molecule has 2 N–H and O–H groups in total. The molecule has 136 valence electrons. The molecule has 1 atom stereocenters. The standard InChI is InChI=1S/C20H22FN3O2/c21-17-8-6-15(7-9-17)12-19(25)24-11-10-23(18(14-24)20(22)26)13-16-4-2-1-3-5-16/h1-9,18H,10-14H2,(H2,22,26). The van der Waals surface area contributed by atoms with Crippen LogP contribution >= 0.6 is 0 Å². The van der Waals surface area contributed by atoms with Crippen molar-refractivity contribution in [2.45, 2.75) is 19.0 Å². The molecule has 0 aromatic heterocycles. The van der Waals surface area contributed by atoms with Crippen LogP contribution in [-0.2, 0) is 22.6 Å². The van der Waals surface area contributed by atoms with E-state index in [1.165, 1.54) is 12.1 Å². The molecule has 0 spiro atoms. The highest BCUT2D eigenvalue weighted by Crippen LogP contribution is 2.15. The number of nitrogens with zero attached hydrogens (tertiary/aromatic N) is 2. The van der Waals surface area contributed by atoms with Gasteiger partial charge in [-0.3, -0.25) is 14.5 Å². The molecule has 1 unspecified atom stereocenters. The van der Waals surface area contributed by atoms with Crippen LogP contribution in [-0.4, -0.2) is 47.3 Å². The van der Waals surface area contributed by atoms with E-state index in [0.717, 1.165) is 11.1 Å². The van der Waals surface area contributed by atoms with Crippen molar-refractivity contribution in [2.75, 3.05) is 19.6 Å². The van der Waals surface area contributed by atoms with E-state index >= 15 is 0 Å². The molecule has 2 aromatic carbocycles. The molecule has 0 aliphatic carbocycles. The first-order valence-electron chi connectivity index (χ1n) is 8.62. The highest BCUT2D eigenvalue weighted by atomic mass is 19.1. The number of hydrogen-bond donors (Lipinski definition) is 1. The summed E-state index contributed by atoms with van der Waals surface area (Å²) in [6.07, 6.45) is 0.185. The number of amides is 2. The Hall–Kier alpha value is -2.73. The van der Waals surface area contributed by atoms with Gasteiger partial charge in [0, 0.05) is 26.2 Å². The fraction of sp³-hybridized carbons (Fsp3) is 0.300. The van der Waals surface area contributed by atoms with E-state index in [4.69, 9.17) is 5.73 Å². The molecule has 2 amide bonds. The van der Waals surface area contributed by atoms with Crippen molar-refractivity contribution in [2.24, 2.45) is 5.73 Å². The van der Waals surface area contributed by atoms with Crippen molar-refractivity contribution in [3.63, 3.8) is 0 Å². The molecule has 1 saturated heterocycles. The zero-order valence-electron chi connectivity index (χ0n) is 14.5. The highest BCUT2D eigenvalue weighted by Gasteiger charge is 2.32. The van der Waals surface area contributed by atoms with Crippen LogP contribution in [0.25, 0.3) is 0 Å². The van der Waals surface area contributed by atoms with Gasteiger partial charge in [0.2, 0.25) is 11.8 Å². The summed E-state index contributed by atoms with van der Waals surface area (Å²) in [4.78, 5) is 28.1. The van der Waals surface area contributed by atoms with Gasteiger partial charge < -0.3 is 10.6 Å². The van der Waals surface area contributed by atoms with Crippen LogP contribution in [0.2, 0.25) is 0 Å². The number of carbonyl (C=O) groups is 2. The van der Waals surface area contributed by atoms with E-state index < -0.39 is 11.9 Å². The minimum absolute atomic E-state index is 0.0813. The van der Waals surface area contributed by atoms with Crippen LogP contribution in [0.1, 0.15) is 11.1 Å². The summed E-state index contributed by atoms with van der Waals surface area (Å²) in [5, 5.41) is 0. The van der Waals surface area contributed by atoms with Crippen LogP contribution in [0, 0.1) is 5.82 Å². The number of hydrogen-bond acceptors (Lipinski definition) is 3. The average Bonchev–Trinajstić information content (AvgIpc) is 2.64. The largest absolute Gasteiger partial charge is 0.368 e. The molecular weight excluding hydrogens is 333 g/mol. The number of rotatable bonds is 5. The Morgan fingerprint density at radius 1 is 1.00 bits per heavy atom. The third-order valence-corrected chi connectivity index (χ3v) is 4.67. The molecule has 2 aromatic rings. The average molecular weight is 355 g/mol. The van der Waals surface area contributed by atoms with Gasteiger partial charge in [-0.25, -0.2) is 4.39 Å². The minimum atomic E-state index is -0.513. The maximum absolute atomic E-state index is 13.0. The molecule has 5 nitrogen and oxygen atoms in total. The zero-order chi connectivity index (χ0) is 18.5. The topological polar surface area (TPSA) is 66.6 Å². The summed E-state index contributed by atoms with van der Waals surface area (Å²) in [5.41, 5.74) is 7.43. The Balaban J connectivity index is 1.64. The van der Waals surface area contributed by atoms with E-state index in [0.29, 0.717) is 19.6 Å². The summed E-state index contributed by atoms with van der Waals surface area (Å²) in [5.74, 6) is -0.841. The third-order valence-electron chi connectivity index (χ3n) is 4.67. The summed E-state index contributed by atoms with van der Waals surface area (Å²) in [6, 6.07) is 15.2. The molecule has 0 radical (unpaired) electrons. The highest BCUT2D eigenvalue weighted by molar-refractivity contribution is 5.83. The molecule has 0 bridgehead atoms. The number of nitrogens with two attached hydrogens (primary N) is 1. The first kappa shape index (κ1) is 18.1. The van der Waals surface area contributed by atoms with Crippen molar-refractivity contribution in [1.82, 2.24) is 9.80 Å². The summed E-state index contributed by atoms with van der Waals surface area (Å²) in [6.45, 7) is 2.02. The van der Waals surface area contributed by atoms with Crippen LogP contribution < -0.4 is 5.73 Å². The van der Waals surface area contributed by atoms with Crippen molar-refractivity contribution in [3.8, 4) is 0 Å². The van der Waals surface area contributed by atoms with Crippen molar-refractivity contribution in [1.29, 1.82) is 0 Å². The van der Waals surface area contributed by atoms with Gasteiger partial charge >= 0.3 is 0 Å². The lowest BCUT2D eigenvalue weighted by Crippen LogP contribution is -2.59. The third kappa shape index (κ3) is 4.46. The van der Waals surface area contributed by atoms with Gasteiger partial charge in [0.15, 0.2) is 0 Å². The van der Waals surface area contributed by atoms with Crippen LogP contribution in [0.4, 0.5) is 4.39 Å². The van der Waals surface area contributed by atoms with E-state index in [1.807, 2.05) is 35.2 Å². The maximum atomic E-state index is 13.0. The van der Waals surface area contributed by atoms with Crippen molar-refractivity contribution in [3.05, 3.63) is 71.5 Å². The number of benzene rings is 2. The second kappa shape index (κ2) is 8.10. The maximum Gasteiger partial charge on any atom is 0.236 e. The number of halogens is 1. The molecule has 1 fully saturated rings. The summed E-state index contributed by atoms with van der Waals surface area (Å²) < 4.78 is 13.0. The predicted octanol–water partition coefficient (Wildman–Crippen LogP) is 1.57. The second-order valence-electron chi connectivity index (χ2n) is 6.52. The smallest absolute Gasteiger partial charge is 0.236 e. The number of carbonyl (C=O) groups excluding carboxylic acids is 2. The zero-order valence-corrected chi connectivity index (χ0v) is 14.5. The predicted molar refractivity (Wildman–Crippen MR) is 96.5 cm³/mol. The molecule has 1 aliphatic heterocycles. The summed E-state index contributed by atoms with van der Waals surface area (Å²) in [7, 11) is 0. The minimum Gasteiger partial charge on any atom is -0.368 e. The molecule has 0 saturated carbocycles. The van der Waals surface area contributed by atoms with E-state index in [9.17, 15) is 14.0 Å². The first-order chi connectivity index (χ1) is 12.5. The lowest BCUT2D eigenvalue weighted by atomic mass is 10.1. The van der Waals surface area contributed by atoms with Gasteiger partial charge in [0.25, 0.3) is 0 Å². The van der Waals surface area contributed by atoms with Crippen molar-refractivity contribution >= 4 is 11.8 Å². The van der Waals surface area contributed by atoms with Crippen LogP contribution in [0.5, 0.6) is 0 Å². The van der Waals surface area contributed by atoms with E-state index in [1.54, 1.807) is 17.0 Å². The van der Waals surface area contributed by atoms with Crippen molar-refractivity contribution < 1.29 is 14.0 Å². The molecule has 6 heteroatoms. The Morgan fingerprint density at radius 3 is 2.35 bits per heavy atom. The normalized spacial score (nSPS) is 17.9. The van der Waals surface area contributed by atoms with Gasteiger partial charge in [-0.05, 0) is 23.3 Å². The second-order valence-corrected chi connectivity index (χ2v) is 6.52. The lowest BCUT2D eigenvalue weighted by Gasteiger charge is -2.40. The monoisotopic (exact) mass is 355 g/mol. The molecule has 3 rings (SSSR count). The number of primary amides is 1. The Labute approximate surface area is 152 Å². The SMILES string of the molecule is NC(=O)C1CN(C(=O)Cc2ccc(F)cc2)CCN1Cc1ccccc1.